The van der Waals surface area contributed by atoms with Crippen LogP contribution >= 0.6 is 0 Å². The third-order valence-corrected chi connectivity index (χ3v) is 5.23. The van der Waals surface area contributed by atoms with E-state index in [9.17, 15) is 4.39 Å². The van der Waals surface area contributed by atoms with Gasteiger partial charge in [0.2, 0.25) is 0 Å². The summed E-state index contributed by atoms with van der Waals surface area (Å²) >= 11 is 0. The van der Waals surface area contributed by atoms with Crippen molar-refractivity contribution in [3.8, 4) is 11.5 Å². The van der Waals surface area contributed by atoms with Crippen molar-refractivity contribution in [1.29, 1.82) is 0 Å². The number of piperazine rings is 1. The van der Waals surface area contributed by atoms with Gasteiger partial charge in [0.15, 0.2) is 11.5 Å². The Balaban J connectivity index is 1.39. The third kappa shape index (κ3) is 3.63. The number of nitrogens with one attached hydrogen (secondary N) is 2. The fourth-order valence-corrected chi connectivity index (χ4v) is 3.74. The standard InChI is InChI=1S/C21H22FN5O2/c22-16-10-15-17(11-18(16)27-5-3-23-4-6-27)25-13-26-21(15)24-12-14-1-2-19-20(9-14)29-8-7-28-19/h1-2,9-11,13,23H,3-8,12H2,(H,24,25,26). The van der Waals surface area contributed by atoms with Gasteiger partial charge in [-0.3, -0.25) is 0 Å². The Hall–Kier alpha value is -3.13. The maximum Gasteiger partial charge on any atom is 0.161 e. The lowest BCUT2D eigenvalue weighted by molar-refractivity contribution is 0.171. The number of nitrogens with zero attached hydrogens (tertiary/aromatic N) is 3. The molecule has 0 bridgehead atoms. The first-order chi connectivity index (χ1) is 14.3. The average Bonchev–Trinajstić information content (AvgIpc) is 2.78. The topological polar surface area (TPSA) is 71.5 Å². The smallest absolute Gasteiger partial charge is 0.161 e. The summed E-state index contributed by atoms with van der Waals surface area (Å²) in [5.41, 5.74) is 2.34. The van der Waals surface area contributed by atoms with Crippen molar-refractivity contribution < 1.29 is 13.9 Å². The third-order valence-electron chi connectivity index (χ3n) is 5.23. The van der Waals surface area contributed by atoms with Gasteiger partial charge < -0.3 is 25.0 Å². The van der Waals surface area contributed by atoms with Gasteiger partial charge in [-0.05, 0) is 29.8 Å². The number of rotatable bonds is 4. The van der Waals surface area contributed by atoms with Crippen LogP contribution in [0.4, 0.5) is 15.9 Å². The molecule has 2 aliphatic rings. The molecule has 2 aromatic carbocycles. The van der Waals surface area contributed by atoms with Crippen molar-refractivity contribution in [2.45, 2.75) is 6.54 Å². The summed E-state index contributed by atoms with van der Waals surface area (Å²) < 4.78 is 26.1. The van der Waals surface area contributed by atoms with Gasteiger partial charge in [-0.15, -0.1) is 0 Å². The fourth-order valence-electron chi connectivity index (χ4n) is 3.74. The number of fused-ring (bicyclic) bond motifs is 2. The predicted molar refractivity (Wildman–Crippen MR) is 109 cm³/mol. The lowest BCUT2D eigenvalue weighted by Crippen LogP contribution is -2.43. The van der Waals surface area contributed by atoms with E-state index in [0.29, 0.717) is 36.6 Å². The molecule has 3 aromatic rings. The minimum absolute atomic E-state index is 0.253. The van der Waals surface area contributed by atoms with Crippen LogP contribution in [0, 0.1) is 5.82 Å². The quantitative estimate of drug-likeness (QED) is 0.704. The maximum atomic E-state index is 14.9. The summed E-state index contributed by atoms with van der Waals surface area (Å²) in [4.78, 5) is 10.7. The van der Waals surface area contributed by atoms with Crippen LogP contribution in [0.3, 0.4) is 0 Å². The molecule has 1 fully saturated rings. The lowest BCUT2D eigenvalue weighted by atomic mass is 10.1. The number of hydrogen-bond donors (Lipinski definition) is 2. The molecule has 0 unspecified atom stereocenters. The average molecular weight is 395 g/mol. The van der Waals surface area contributed by atoms with Gasteiger partial charge in [-0.1, -0.05) is 6.07 Å². The van der Waals surface area contributed by atoms with Crippen LogP contribution in [0.25, 0.3) is 10.9 Å². The van der Waals surface area contributed by atoms with E-state index >= 15 is 0 Å². The molecule has 29 heavy (non-hydrogen) atoms. The molecule has 1 saturated heterocycles. The summed E-state index contributed by atoms with van der Waals surface area (Å²) in [6.07, 6.45) is 1.51. The molecule has 5 rings (SSSR count). The summed E-state index contributed by atoms with van der Waals surface area (Å²) in [5, 5.41) is 7.25. The van der Waals surface area contributed by atoms with Gasteiger partial charge in [-0.2, -0.15) is 0 Å². The Bertz CT molecular complexity index is 1040. The molecular weight excluding hydrogens is 373 g/mol. The molecule has 0 radical (unpaired) electrons. The molecule has 2 N–H and O–H groups in total. The van der Waals surface area contributed by atoms with Gasteiger partial charge in [0.25, 0.3) is 0 Å². The van der Waals surface area contributed by atoms with Crippen LogP contribution in [0.5, 0.6) is 11.5 Å². The van der Waals surface area contributed by atoms with Crippen LogP contribution in [-0.4, -0.2) is 49.4 Å². The minimum Gasteiger partial charge on any atom is -0.486 e. The van der Waals surface area contributed by atoms with Crippen molar-refractivity contribution in [3.05, 3.63) is 48.0 Å². The number of ether oxygens (including phenoxy) is 2. The van der Waals surface area contributed by atoms with Gasteiger partial charge >= 0.3 is 0 Å². The van der Waals surface area contributed by atoms with E-state index in [1.54, 1.807) is 0 Å². The molecular formula is C21H22FN5O2. The molecule has 3 heterocycles. The van der Waals surface area contributed by atoms with Crippen molar-refractivity contribution >= 4 is 22.4 Å². The van der Waals surface area contributed by atoms with Gasteiger partial charge in [0.05, 0.1) is 11.2 Å². The largest absolute Gasteiger partial charge is 0.486 e. The molecule has 2 aliphatic heterocycles. The van der Waals surface area contributed by atoms with E-state index in [0.717, 1.165) is 48.8 Å². The predicted octanol–water partition coefficient (Wildman–Crippen LogP) is 2.56. The lowest BCUT2D eigenvalue weighted by Gasteiger charge is -2.29. The highest BCUT2D eigenvalue weighted by Crippen LogP contribution is 2.32. The van der Waals surface area contributed by atoms with Gasteiger partial charge in [0, 0.05) is 38.1 Å². The van der Waals surface area contributed by atoms with E-state index < -0.39 is 0 Å². The first-order valence-corrected chi connectivity index (χ1v) is 9.80. The van der Waals surface area contributed by atoms with Crippen molar-refractivity contribution in [3.63, 3.8) is 0 Å². The van der Waals surface area contributed by atoms with Crippen LogP contribution in [-0.2, 0) is 6.54 Å². The molecule has 1 aromatic heterocycles. The molecule has 8 heteroatoms. The second-order valence-corrected chi connectivity index (χ2v) is 7.11. The second kappa shape index (κ2) is 7.71. The second-order valence-electron chi connectivity index (χ2n) is 7.11. The molecule has 0 aliphatic carbocycles. The van der Waals surface area contributed by atoms with E-state index in [2.05, 4.69) is 25.5 Å². The monoisotopic (exact) mass is 395 g/mol. The summed E-state index contributed by atoms with van der Waals surface area (Å²) in [7, 11) is 0. The molecule has 150 valence electrons. The number of halogens is 1. The van der Waals surface area contributed by atoms with Crippen LogP contribution < -0.4 is 25.0 Å². The number of aromatic nitrogens is 2. The van der Waals surface area contributed by atoms with Gasteiger partial charge in [-0.25, -0.2) is 14.4 Å². The summed E-state index contributed by atoms with van der Waals surface area (Å²) in [6.45, 7) is 4.91. The Morgan fingerprint density at radius 1 is 1.03 bits per heavy atom. The number of benzene rings is 2. The molecule has 0 atom stereocenters. The summed E-state index contributed by atoms with van der Waals surface area (Å²) in [6, 6.07) is 9.18. The van der Waals surface area contributed by atoms with Crippen molar-refractivity contribution in [1.82, 2.24) is 15.3 Å². The zero-order chi connectivity index (χ0) is 19.6. The first kappa shape index (κ1) is 17.9. The van der Waals surface area contributed by atoms with Crippen LogP contribution in [0.1, 0.15) is 5.56 Å². The first-order valence-electron chi connectivity index (χ1n) is 9.80. The molecule has 0 amide bonds. The van der Waals surface area contributed by atoms with E-state index in [-0.39, 0.29) is 5.82 Å². The highest BCUT2D eigenvalue weighted by molar-refractivity contribution is 5.91. The minimum atomic E-state index is -0.253. The maximum absolute atomic E-state index is 14.9. The summed E-state index contributed by atoms with van der Waals surface area (Å²) in [5.74, 6) is 1.86. The van der Waals surface area contributed by atoms with E-state index in [1.165, 1.54) is 12.4 Å². The Kier molecular flexibility index (Phi) is 4.77. The Morgan fingerprint density at radius 2 is 1.86 bits per heavy atom. The molecule has 0 spiro atoms. The normalized spacial score (nSPS) is 16.1. The number of hydrogen-bond acceptors (Lipinski definition) is 7. The highest BCUT2D eigenvalue weighted by atomic mass is 19.1. The van der Waals surface area contributed by atoms with Crippen LogP contribution in [0.15, 0.2) is 36.7 Å². The Morgan fingerprint density at radius 3 is 2.72 bits per heavy atom. The SMILES string of the molecule is Fc1cc2c(NCc3ccc4c(c3)OCCO4)ncnc2cc1N1CCNCC1. The zero-order valence-electron chi connectivity index (χ0n) is 15.9. The van der Waals surface area contributed by atoms with Gasteiger partial charge in [0.1, 0.15) is 31.2 Å². The Labute approximate surface area is 167 Å². The molecule has 7 nitrogen and oxygen atoms in total. The van der Waals surface area contributed by atoms with E-state index in [1.807, 2.05) is 24.3 Å². The highest BCUT2D eigenvalue weighted by Gasteiger charge is 2.17. The zero-order valence-corrected chi connectivity index (χ0v) is 15.9. The van der Waals surface area contributed by atoms with Crippen molar-refractivity contribution in [2.75, 3.05) is 49.6 Å². The number of anilines is 2. The van der Waals surface area contributed by atoms with E-state index in [4.69, 9.17) is 9.47 Å². The van der Waals surface area contributed by atoms with Crippen LogP contribution in [0.2, 0.25) is 0 Å². The fraction of sp³-hybridized carbons (Fsp3) is 0.333. The van der Waals surface area contributed by atoms with Crippen molar-refractivity contribution in [2.24, 2.45) is 0 Å². The molecule has 0 saturated carbocycles.